The second-order valence-corrected chi connectivity index (χ2v) is 4.12. The van der Waals surface area contributed by atoms with E-state index in [1.165, 1.54) is 0 Å². The molecule has 1 heterocycles. The Morgan fingerprint density at radius 2 is 2.31 bits per heavy atom. The summed E-state index contributed by atoms with van der Waals surface area (Å²) >= 11 is 0. The first-order chi connectivity index (χ1) is 7.68. The molecule has 1 aromatic heterocycles. The third kappa shape index (κ3) is 5.56. The third-order valence-electron chi connectivity index (χ3n) is 2.20. The highest BCUT2D eigenvalue weighted by Crippen LogP contribution is 1.99. The number of furan rings is 1. The molecule has 0 aliphatic carbocycles. The zero-order valence-electron chi connectivity index (χ0n) is 9.95. The van der Waals surface area contributed by atoms with E-state index in [4.69, 9.17) is 4.42 Å². The average molecular weight is 224 g/mol. The molecule has 0 radical (unpaired) electrons. The van der Waals surface area contributed by atoms with Gasteiger partial charge in [-0.3, -0.25) is 4.79 Å². The molecule has 4 nitrogen and oxygen atoms in total. The summed E-state index contributed by atoms with van der Waals surface area (Å²) in [6.45, 7) is 5.63. The summed E-state index contributed by atoms with van der Waals surface area (Å²) in [5.41, 5.74) is 0.994. The van der Waals surface area contributed by atoms with E-state index in [0.29, 0.717) is 19.0 Å². The van der Waals surface area contributed by atoms with Crippen LogP contribution in [0.4, 0.5) is 0 Å². The lowest BCUT2D eigenvalue weighted by Crippen LogP contribution is -2.26. The second-order valence-electron chi connectivity index (χ2n) is 4.12. The number of rotatable bonds is 7. The zero-order valence-corrected chi connectivity index (χ0v) is 9.95. The normalized spacial score (nSPS) is 10.7. The van der Waals surface area contributed by atoms with Gasteiger partial charge in [-0.15, -0.1) is 0 Å². The molecule has 0 fully saturated rings. The third-order valence-corrected chi connectivity index (χ3v) is 2.20. The molecule has 0 aliphatic rings. The highest BCUT2D eigenvalue weighted by atomic mass is 16.3. The maximum Gasteiger partial charge on any atom is 0.220 e. The summed E-state index contributed by atoms with van der Waals surface area (Å²) in [5, 5.41) is 6.12. The lowest BCUT2D eigenvalue weighted by Gasteiger charge is -2.07. The van der Waals surface area contributed by atoms with Gasteiger partial charge in [0.05, 0.1) is 12.5 Å². The highest BCUT2D eigenvalue weighted by molar-refractivity contribution is 5.75. The number of nitrogens with one attached hydrogen (secondary N) is 2. The molecule has 90 valence electrons. The van der Waals surface area contributed by atoms with Crippen molar-refractivity contribution in [3.8, 4) is 0 Å². The summed E-state index contributed by atoms with van der Waals surface area (Å²) in [4.78, 5) is 11.4. The summed E-state index contributed by atoms with van der Waals surface area (Å²) < 4.78 is 4.91. The van der Waals surface area contributed by atoms with E-state index in [2.05, 4.69) is 24.5 Å². The molecule has 1 aromatic rings. The van der Waals surface area contributed by atoms with Gasteiger partial charge in [-0.2, -0.15) is 0 Å². The Bertz CT molecular complexity index is 294. The Balaban J connectivity index is 2.03. The molecule has 0 saturated heterocycles. The summed E-state index contributed by atoms with van der Waals surface area (Å²) in [5.74, 6) is 0.0896. The predicted molar refractivity (Wildman–Crippen MR) is 62.9 cm³/mol. The van der Waals surface area contributed by atoms with E-state index in [-0.39, 0.29) is 5.91 Å². The van der Waals surface area contributed by atoms with Gasteiger partial charge in [-0.05, 0) is 19.0 Å². The van der Waals surface area contributed by atoms with Gasteiger partial charge in [0, 0.05) is 24.6 Å². The smallest absolute Gasteiger partial charge is 0.220 e. The van der Waals surface area contributed by atoms with Crippen LogP contribution in [0.1, 0.15) is 32.3 Å². The lowest BCUT2D eigenvalue weighted by molar-refractivity contribution is -0.121. The van der Waals surface area contributed by atoms with Crippen LogP contribution in [0.2, 0.25) is 0 Å². The largest absolute Gasteiger partial charge is 0.472 e. The maximum absolute atomic E-state index is 11.4. The van der Waals surface area contributed by atoms with Crippen molar-refractivity contribution < 1.29 is 9.21 Å². The molecule has 0 unspecified atom stereocenters. The molecule has 16 heavy (non-hydrogen) atoms. The standard InChI is InChI=1S/C12H20N2O2/c1-10(2)13-6-3-4-12(15)14-8-11-5-7-16-9-11/h5,7,9-10,13H,3-4,6,8H2,1-2H3,(H,14,15). The molecule has 2 N–H and O–H groups in total. The minimum absolute atomic E-state index is 0.0896. The molecule has 0 aromatic carbocycles. The first kappa shape index (κ1) is 12.8. The zero-order chi connectivity index (χ0) is 11.8. The summed E-state index contributed by atoms with van der Waals surface area (Å²) in [7, 11) is 0. The Kier molecular flexibility index (Phi) is 5.64. The van der Waals surface area contributed by atoms with Crippen LogP contribution in [0, 0.1) is 0 Å². The second kappa shape index (κ2) is 7.06. The van der Waals surface area contributed by atoms with Gasteiger partial charge < -0.3 is 15.1 Å². The minimum Gasteiger partial charge on any atom is -0.472 e. The number of hydrogen-bond donors (Lipinski definition) is 2. The van der Waals surface area contributed by atoms with E-state index in [0.717, 1.165) is 18.5 Å². The summed E-state index contributed by atoms with van der Waals surface area (Å²) in [6.07, 6.45) is 4.68. The lowest BCUT2D eigenvalue weighted by atomic mass is 10.2. The fraction of sp³-hybridized carbons (Fsp3) is 0.583. The van der Waals surface area contributed by atoms with Gasteiger partial charge in [0.2, 0.25) is 5.91 Å². The number of carbonyl (C=O) groups is 1. The van der Waals surface area contributed by atoms with Crippen molar-refractivity contribution in [2.24, 2.45) is 0 Å². The van der Waals surface area contributed by atoms with Crippen molar-refractivity contribution in [2.45, 2.75) is 39.3 Å². The molecule has 1 amide bonds. The van der Waals surface area contributed by atoms with Gasteiger partial charge in [0.25, 0.3) is 0 Å². The maximum atomic E-state index is 11.4. The number of hydrogen-bond acceptors (Lipinski definition) is 3. The Morgan fingerprint density at radius 3 is 2.94 bits per heavy atom. The van der Waals surface area contributed by atoms with E-state index < -0.39 is 0 Å². The SMILES string of the molecule is CC(C)NCCCC(=O)NCc1ccoc1. The van der Waals surface area contributed by atoms with Crippen molar-refractivity contribution in [1.29, 1.82) is 0 Å². The first-order valence-electron chi connectivity index (χ1n) is 5.69. The average Bonchev–Trinajstić information content (AvgIpc) is 2.74. The van der Waals surface area contributed by atoms with Crippen molar-refractivity contribution in [1.82, 2.24) is 10.6 Å². The molecule has 0 bridgehead atoms. The van der Waals surface area contributed by atoms with Crippen LogP contribution in [0.5, 0.6) is 0 Å². The van der Waals surface area contributed by atoms with Crippen LogP contribution in [0.15, 0.2) is 23.0 Å². The van der Waals surface area contributed by atoms with Gasteiger partial charge in [-0.1, -0.05) is 13.8 Å². The van der Waals surface area contributed by atoms with Crippen molar-refractivity contribution in [3.05, 3.63) is 24.2 Å². The van der Waals surface area contributed by atoms with Crippen LogP contribution in [-0.2, 0) is 11.3 Å². The first-order valence-corrected chi connectivity index (χ1v) is 5.69. The Labute approximate surface area is 96.4 Å². The van der Waals surface area contributed by atoms with E-state index in [1.54, 1.807) is 12.5 Å². The van der Waals surface area contributed by atoms with Crippen molar-refractivity contribution >= 4 is 5.91 Å². The van der Waals surface area contributed by atoms with Crippen molar-refractivity contribution in [2.75, 3.05) is 6.54 Å². The quantitative estimate of drug-likeness (QED) is 0.693. The van der Waals surface area contributed by atoms with Gasteiger partial charge >= 0.3 is 0 Å². The van der Waals surface area contributed by atoms with Crippen LogP contribution in [0.3, 0.4) is 0 Å². The fourth-order valence-electron chi connectivity index (χ4n) is 1.32. The van der Waals surface area contributed by atoms with Crippen LogP contribution >= 0.6 is 0 Å². The monoisotopic (exact) mass is 224 g/mol. The molecule has 4 heteroatoms. The predicted octanol–water partition coefficient (Wildman–Crippen LogP) is 1.67. The molecule has 1 rings (SSSR count). The van der Waals surface area contributed by atoms with Crippen LogP contribution in [0.25, 0.3) is 0 Å². The highest BCUT2D eigenvalue weighted by Gasteiger charge is 2.01. The van der Waals surface area contributed by atoms with Crippen LogP contribution < -0.4 is 10.6 Å². The van der Waals surface area contributed by atoms with Gasteiger partial charge in [-0.25, -0.2) is 0 Å². The molecule has 0 atom stereocenters. The van der Waals surface area contributed by atoms with E-state index in [9.17, 15) is 4.79 Å². The molecular formula is C12H20N2O2. The van der Waals surface area contributed by atoms with E-state index in [1.807, 2.05) is 6.07 Å². The molecule has 0 spiro atoms. The molecule has 0 aliphatic heterocycles. The summed E-state index contributed by atoms with van der Waals surface area (Å²) in [6, 6.07) is 2.33. The number of carbonyl (C=O) groups excluding carboxylic acids is 1. The van der Waals surface area contributed by atoms with Gasteiger partial charge in [0.1, 0.15) is 0 Å². The Morgan fingerprint density at radius 1 is 1.50 bits per heavy atom. The molecule has 0 saturated carbocycles. The number of amides is 1. The van der Waals surface area contributed by atoms with E-state index >= 15 is 0 Å². The molecular weight excluding hydrogens is 204 g/mol. The fourth-order valence-corrected chi connectivity index (χ4v) is 1.32. The van der Waals surface area contributed by atoms with Crippen molar-refractivity contribution in [3.63, 3.8) is 0 Å². The minimum atomic E-state index is 0.0896. The van der Waals surface area contributed by atoms with Crippen LogP contribution in [-0.4, -0.2) is 18.5 Å². The Hall–Kier alpha value is -1.29. The topological polar surface area (TPSA) is 54.3 Å². The van der Waals surface area contributed by atoms with Gasteiger partial charge in [0.15, 0.2) is 0 Å².